The van der Waals surface area contributed by atoms with Crippen LogP contribution in [0.15, 0.2) is 0 Å². The van der Waals surface area contributed by atoms with Gasteiger partial charge in [0.2, 0.25) is 0 Å². The van der Waals surface area contributed by atoms with Crippen molar-refractivity contribution in [3.05, 3.63) is 0 Å². The molecule has 0 saturated heterocycles. The molecule has 3 unspecified atom stereocenters. The Balaban J connectivity index is 1.52. The van der Waals surface area contributed by atoms with E-state index in [9.17, 15) is 9.90 Å². The van der Waals surface area contributed by atoms with E-state index in [1.165, 1.54) is 44.9 Å². The molecule has 2 nitrogen and oxygen atoms in total. The molecule has 0 amide bonds. The molecule has 4 fully saturated rings. The first kappa shape index (κ1) is 24.7. The fourth-order valence-corrected chi connectivity index (χ4v) is 10.1. The first-order valence-electron chi connectivity index (χ1n) is 14.3. The van der Waals surface area contributed by atoms with E-state index in [0.29, 0.717) is 41.0 Å². The smallest absolute Gasteiger partial charge is 0.133 e. The average molecular weight is 445 g/mol. The zero-order chi connectivity index (χ0) is 23.3. The van der Waals surface area contributed by atoms with Crippen LogP contribution in [-0.2, 0) is 4.79 Å². The third-order valence-electron chi connectivity index (χ3n) is 12.1. The lowest BCUT2D eigenvalue weighted by atomic mass is 9.42. The number of Topliss-reactive ketones (excluding diaryl/α,β-unsaturated/α-hetero) is 1. The molecule has 0 radical (unpaired) electrons. The molecule has 2 heteroatoms. The third-order valence-corrected chi connectivity index (χ3v) is 12.1. The quantitative estimate of drug-likeness (QED) is 0.440. The molecule has 4 saturated carbocycles. The minimum Gasteiger partial charge on any atom is -0.396 e. The minimum absolute atomic E-state index is 0.334. The minimum atomic E-state index is 0.334. The second-order valence-corrected chi connectivity index (χ2v) is 13.6. The van der Waals surface area contributed by atoms with Gasteiger partial charge in [-0.3, -0.25) is 4.79 Å². The van der Waals surface area contributed by atoms with Gasteiger partial charge in [0.25, 0.3) is 0 Å². The van der Waals surface area contributed by atoms with E-state index < -0.39 is 0 Å². The summed E-state index contributed by atoms with van der Waals surface area (Å²) in [6.07, 6.45) is 13.4. The number of hydrogen-bond donors (Lipinski definition) is 1. The van der Waals surface area contributed by atoms with E-state index in [4.69, 9.17) is 0 Å². The molecule has 4 aliphatic carbocycles. The molecule has 4 aliphatic rings. The van der Waals surface area contributed by atoms with Gasteiger partial charge in [-0.25, -0.2) is 0 Å². The lowest BCUT2D eigenvalue weighted by Gasteiger charge is -2.62. The van der Waals surface area contributed by atoms with Gasteiger partial charge < -0.3 is 5.11 Å². The van der Waals surface area contributed by atoms with Crippen LogP contribution in [0.3, 0.4) is 0 Å². The molecule has 0 aromatic rings. The van der Waals surface area contributed by atoms with Crippen molar-refractivity contribution in [2.75, 3.05) is 6.61 Å². The third kappa shape index (κ3) is 4.03. The first-order valence-corrected chi connectivity index (χ1v) is 14.3. The van der Waals surface area contributed by atoms with Crippen LogP contribution in [0.2, 0.25) is 0 Å². The number of carbonyl (C=O) groups is 1. The van der Waals surface area contributed by atoms with Gasteiger partial charge in [-0.2, -0.15) is 0 Å². The van der Waals surface area contributed by atoms with Gasteiger partial charge in [0.05, 0.1) is 0 Å². The van der Waals surface area contributed by atoms with E-state index in [2.05, 4.69) is 41.5 Å². The summed E-state index contributed by atoms with van der Waals surface area (Å²) in [6, 6.07) is 0. The van der Waals surface area contributed by atoms with Crippen molar-refractivity contribution < 1.29 is 9.90 Å². The topological polar surface area (TPSA) is 37.3 Å². The molecule has 0 heterocycles. The predicted molar refractivity (Wildman–Crippen MR) is 133 cm³/mol. The number of rotatable bonds is 7. The maximum absolute atomic E-state index is 12.3. The normalized spacial score (nSPS) is 45.8. The van der Waals surface area contributed by atoms with Crippen LogP contribution >= 0.6 is 0 Å². The van der Waals surface area contributed by atoms with Crippen LogP contribution in [0.1, 0.15) is 112 Å². The Bertz CT molecular complexity index is 670. The van der Waals surface area contributed by atoms with Crippen molar-refractivity contribution in [2.45, 2.75) is 112 Å². The maximum atomic E-state index is 12.3. The molecular weight excluding hydrogens is 392 g/mol. The fraction of sp³-hybridized carbons (Fsp3) is 0.967. The van der Waals surface area contributed by atoms with Crippen LogP contribution in [0, 0.1) is 64.1 Å². The van der Waals surface area contributed by atoms with Crippen molar-refractivity contribution in [1.82, 2.24) is 0 Å². The van der Waals surface area contributed by atoms with Crippen molar-refractivity contribution >= 4 is 5.78 Å². The summed E-state index contributed by atoms with van der Waals surface area (Å²) in [5, 5.41) is 10.5. The van der Waals surface area contributed by atoms with E-state index in [0.717, 1.165) is 61.2 Å². The number of fused-ring (bicyclic) bond motifs is 5. The zero-order valence-corrected chi connectivity index (χ0v) is 22.0. The number of ketones is 1. The molecule has 4 rings (SSSR count). The standard InChI is InChI=1S/C30H52O2/c1-7-21(19(2)3)9-8-20(4)25-10-11-26-28-22(18-31)16-23-17-24(32)12-14-29(23,5)27(28)13-15-30(25,26)6/h19-23,25-28,31H,7-18H2,1-6H3/t20-,21-,22?,23-,25-,26?,27?,28+,29+,30-/m1/s1. The summed E-state index contributed by atoms with van der Waals surface area (Å²) >= 11 is 0. The van der Waals surface area contributed by atoms with Gasteiger partial charge in [-0.05, 0) is 109 Å². The molecule has 184 valence electrons. The van der Waals surface area contributed by atoms with E-state index in [-0.39, 0.29) is 0 Å². The van der Waals surface area contributed by atoms with Crippen LogP contribution in [0.25, 0.3) is 0 Å². The van der Waals surface area contributed by atoms with Gasteiger partial charge in [-0.1, -0.05) is 54.4 Å². The van der Waals surface area contributed by atoms with Gasteiger partial charge in [-0.15, -0.1) is 0 Å². The molecule has 0 aromatic carbocycles. The second kappa shape index (κ2) is 9.35. The van der Waals surface area contributed by atoms with Crippen LogP contribution in [0.5, 0.6) is 0 Å². The lowest BCUT2D eigenvalue weighted by molar-refractivity contribution is -0.157. The SMILES string of the molecule is CC[C@H](CC[C@@H](C)[C@H]1CCC2[C@@H]3C(CO)C[C@@H]4CC(=O)CC[C@]4(C)C3CC[C@@]21C)C(C)C. The van der Waals surface area contributed by atoms with Gasteiger partial charge in [0.1, 0.15) is 5.78 Å². The maximum Gasteiger partial charge on any atom is 0.133 e. The van der Waals surface area contributed by atoms with Gasteiger partial charge in [0, 0.05) is 19.4 Å². The Hall–Kier alpha value is -0.370. The summed E-state index contributed by atoms with van der Waals surface area (Å²) in [7, 11) is 0. The van der Waals surface area contributed by atoms with Crippen molar-refractivity contribution in [2.24, 2.45) is 64.1 Å². The molecule has 32 heavy (non-hydrogen) atoms. The van der Waals surface area contributed by atoms with Crippen molar-refractivity contribution in [3.8, 4) is 0 Å². The lowest BCUT2D eigenvalue weighted by Crippen LogP contribution is -2.57. The van der Waals surface area contributed by atoms with Gasteiger partial charge >= 0.3 is 0 Å². The highest BCUT2D eigenvalue weighted by Gasteiger charge is 2.62. The Labute approximate surface area is 198 Å². The summed E-state index contributed by atoms with van der Waals surface area (Å²) in [5.41, 5.74) is 0.794. The Morgan fingerprint density at radius 2 is 1.72 bits per heavy atom. The molecule has 10 atom stereocenters. The van der Waals surface area contributed by atoms with E-state index in [1.54, 1.807) is 0 Å². The zero-order valence-electron chi connectivity index (χ0n) is 22.0. The summed E-state index contributed by atoms with van der Waals surface area (Å²) in [6.45, 7) is 15.2. The van der Waals surface area contributed by atoms with E-state index >= 15 is 0 Å². The molecule has 0 aromatic heterocycles. The monoisotopic (exact) mass is 444 g/mol. The Morgan fingerprint density at radius 3 is 2.38 bits per heavy atom. The van der Waals surface area contributed by atoms with Gasteiger partial charge in [0.15, 0.2) is 0 Å². The summed E-state index contributed by atoms with van der Waals surface area (Å²) in [5.74, 6) is 6.97. The largest absolute Gasteiger partial charge is 0.396 e. The van der Waals surface area contributed by atoms with Crippen molar-refractivity contribution in [1.29, 1.82) is 0 Å². The fourth-order valence-electron chi connectivity index (χ4n) is 10.1. The predicted octanol–water partition coefficient (Wildman–Crippen LogP) is 7.53. The number of hydrogen-bond acceptors (Lipinski definition) is 2. The molecule has 0 bridgehead atoms. The number of carbonyl (C=O) groups excluding carboxylic acids is 1. The Morgan fingerprint density at radius 1 is 1.00 bits per heavy atom. The Kier molecular flexibility index (Phi) is 7.23. The molecule has 0 aliphatic heterocycles. The number of aliphatic hydroxyl groups excluding tert-OH is 1. The summed E-state index contributed by atoms with van der Waals surface area (Å²) < 4.78 is 0. The highest BCUT2D eigenvalue weighted by atomic mass is 16.3. The highest BCUT2D eigenvalue weighted by molar-refractivity contribution is 5.79. The summed E-state index contributed by atoms with van der Waals surface area (Å²) in [4.78, 5) is 12.3. The molecule has 0 spiro atoms. The molecule has 1 N–H and O–H groups in total. The van der Waals surface area contributed by atoms with Crippen LogP contribution in [-0.4, -0.2) is 17.5 Å². The van der Waals surface area contributed by atoms with Crippen LogP contribution < -0.4 is 0 Å². The molecular formula is C30H52O2. The highest BCUT2D eigenvalue weighted by Crippen LogP contribution is 2.69. The number of aliphatic hydroxyl groups is 1. The second-order valence-electron chi connectivity index (χ2n) is 13.6. The first-order chi connectivity index (χ1) is 15.2. The van der Waals surface area contributed by atoms with E-state index in [1.807, 2.05) is 0 Å². The average Bonchev–Trinajstić information content (AvgIpc) is 3.11. The van der Waals surface area contributed by atoms with Crippen molar-refractivity contribution in [3.63, 3.8) is 0 Å². The van der Waals surface area contributed by atoms with Crippen LogP contribution in [0.4, 0.5) is 0 Å².